The Balaban J connectivity index is 1.65. The monoisotopic (exact) mass is 499 g/mol. The van der Waals surface area contributed by atoms with E-state index >= 15 is 0 Å². The number of likely N-dealkylation sites (tertiary alicyclic amines) is 1. The van der Waals surface area contributed by atoms with Crippen LogP contribution in [0, 0.1) is 17.8 Å². The number of imide groups is 1. The number of hydrogen-bond donors (Lipinski definition) is 4. The van der Waals surface area contributed by atoms with Crippen LogP contribution in [0.4, 0.5) is 0 Å². The minimum atomic E-state index is -0.862. The third-order valence-electron chi connectivity index (χ3n) is 7.37. The van der Waals surface area contributed by atoms with Gasteiger partial charge >= 0.3 is 5.97 Å². The summed E-state index contributed by atoms with van der Waals surface area (Å²) in [5, 5.41) is 39.5. The molecule has 0 spiro atoms. The smallest absolute Gasteiger partial charge is 0.303 e. The fourth-order valence-electron chi connectivity index (χ4n) is 5.57. The largest absolute Gasteiger partial charge is 0.508 e. The van der Waals surface area contributed by atoms with E-state index in [2.05, 4.69) is 0 Å². The highest BCUT2D eigenvalue weighted by atomic mass is 16.4. The molecule has 0 saturated carbocycles. The molecule has 1 aliphatic carbocycles. The highest BCUT2D eigenvalue weighted by molar-refractivity contribution is 6.05. The van der Waals surface area contributed by atoms with Gasteiger partial charge in [0.15, 0.2) is 0 Å². The molecule has 1 saturated heterocycles. The third kappa shape index (κ3) is 6.42. The van der Waals surface area contributed by atoms with Crippen LogP contribution in [0.25, 0.3) is 6.08 Å². The third-order valence-corrected chi connectivity index (χ3v) is 7.37. The summed E-state index contributed by atoms with van der Waals surface area (Å²) in [6.45, 7) is 3.76. The predicted octanol–water partition coefficient (Wildman–Crippen LogP) is 3.51. The number of benzene rings is 1. The van der Waals surface area contributed by atoms with Crippen molar-refractivity contribution >= 4 is 23.9 Å². The lowest BCUT2D eigenvalue weighted by atomic mass is 9.68. The van der Waals surface area contributed by atoms with Gasteiger partial charge in [0, 0.05) is 18.9 Å². The van der Waals surface area contributed by atoms with Gasteiger partial charge in [0.2, 0.25) is 11.8 Å². The van der Waals surface area contributed by atoms with E-state index in [0.29, 0.717) is 44.1 Å². The summed E-state index contributed by atoms with van der Waals surface area (Å²) in [7, 11) is 0. The molecule has 1 aliphatic heterocycles. The van der Waals surface area contributed by atoms with E-state index < -0.39 is 29.8 Å². The molecule has 3 rings (SSSR count). The average molecular weight is 500 g/mol. The quantitative estimate of drug-likeness (QED) is 0.196. The number of aliphatic carboxylic acids is 1. The molecule has 8 nitrogen and oxygen atoms in total. The van der Waals surface area contributed by atoms with Crippen molar-refractivity contribution in [3.05, 3.63) is 46.5 Å². The lowest BCUT2D eigenvalue weighted by Gasteiger charge is -2.35. The summed E-state index contributed by atoms with van der Waals surface area (Å²) in [5.74, 6) is -3.01. The van der Waals surface area contributed by atoms with E-state index in [-0.39, 0.29) is 37.1 Å². The summed E-state index contributed by atoms with van der Waals surface area (Å²) in [6.07, 6.45) is 4.29. The van der Waals surface area contributed by atoms with Crippen LogP contribution < -0.4 is 0 Å². The maximum atomic E-state index is 13.2. The van der Waals surface area contributed by atoms with Crippen molar-refractivity contribution in [2.24, 2.45) is 17.8 Å². The second kappa shape index (κ2) is 12.3. The first-order chi connectivity index (χ1) is 17.1. The number of allylic oxidation sites excluding steroid dienone is 2. The van der Waals surface area contributed by atoms with Crippen LogP contribution in [-0.2, 0) is 14.4 Å². The van der Waals surface area contributed by atoms with Crippen molar-refractivity contribution in [3.8, 4) is 5.75 Å². The summed E-state index contributed by atoms with van der Waals surface area (Å²) in [6, 6.07) is 6.86. The highest BCUT2D eigenvalue weighted by Crippen LogP contribution is 2.46. The molecule has 0 bridgehead atoms. The molecule has 1 aromatic rings. The first-order valence-corrected chi connectivity index (χ1v) is 12.7. The van der Waals surface area contributed by atoms with Gasteiger partial charge in [-0.25, -0.2) is 0 Å². The molecule has 0 unspecified atom stereocenters. The maximum absolute atomic E-state index is 13.2. The number of fused-ring (bicyclic) bond motifs is 1. The van der Waals surface area contributed by atoms with Crippen molar-refractivity contribution < 1.29 is 34.8 Å². The molecule has 0 aromatic heterocycles. The van der Waals surface area contributed by atoms with Crippen molar-refractivity contribution in [3.63, 3.8) is 0 Å². The molecular formula is C28H37NO7. The summed E-state index contributed by atoms with van der Waals surface area (Å²) >= 11 is 0. The minimum Gasteiger partial charge on any atom is -0.508 e. The summed E-state index contributed by atoms with van der Waals surface area (Å²) in [5.41, 5.74) is 3.52. The van der Waals surface area contributed by atoms with Crippen LogP contribution >= 0.6 is 0 Å². The number of nitrogens with zero attached hydrogens (tertiary/aromatic N) is 1. The number of phenols is 1. The standard InChI is InChI=1S/C28H37NO7/c1-17(14-19-8-10-20(31)11-9-19)7-12-23(32)25-18(2)15-21-26(22(25)16-30)28(36)29(27(21)35)13-5-3-4-6-24(33)34/h8-11,14,21-23,26,30-32H,3-7,12-13,15-16H2,1-2H3,(H,33,34)/b17-14+/t21-,22+,23-,26-/m1/s1. The Morgan fingerprint density at radius 3 is 2.44 bits per heavy atom. The zero-order valence-corrected chi connectivity index (χ0v) is 21.0. The van der Waals surface area contributed by atoms with Gasteiger partial charge in [-0.05, 0) is 69.2 Å². The Bertz CT molecular complexity index is 1030. The van der Waals surface area contributed by atoms with Crippen molar-refractivity contribution in [1.29, 1.82) is 0 Å². The SMILES string of the molecule is CC1=C([C@H](O)CC/C(C)=C/c2ccc(O)cc2)[C@H](CO)[C@@H]2C(=O)N(CCCCCC(=O)O)C(=O)[C@@H]2C1. The van der Waals surface area contributed by atoms with Crippen LogP contribution in [-0.4, -0.2) is 62.4 Å². The zero-order valence-electron chi connectivity index (χ0n) is 21.0. The lowest BCUT2D eigenvalue weighted by Crippen LogP contribution is -2.38. The Hall–Kier alpha value is -2.97. The fraction of sp³-hybridized carbons (Fsp3) is 0.536. The molecule has 2 amide bonds. The van der Waals surface area contributed by atoms with Gasteiger partial charge in [-0.3, -0.25) is 19.3 Å². The molecule has 1 heterocycles. The van der Waals surface area contributed by atoms with E-state index in [1.165, 1.54) is 4.90 Å². The van der Waals surface area contributed by atoms with Crippen LogP contribution in [0.2, 0.25) is 0 Å². The molecular weight excluding hydrogens is 462 g/mol. The summed E-state index contributed by atoms with van der Waals surface area (Å²) < 4.78 is 0. The van der Waals surface area contributed by atoms with Gasteiger partial charge in [-0.2, -0.15) is 0 Å². The summed E-state index contributed by atoms with van der Waals surface area (Å²) in [4.78, 5) is 38.2. The number of carbonyl (C=O) groups is 3. The van der Waals surface area contributed by atoms with Gasteiger partial charge in [-0.1, -0.05) is 35.8 Å². The maximum Gasteiger partial charge on any atom is 0.303 e. The Morgan fingerprint density at radius 1 is 1.11 bits per heavy atom. The van der Waals surface area contributed by atoms with Crippen LogP contribution in [0.5, 0.6) is 5.75 Å². The number of unbranched alkanes of at least 4 members (excludes halogenated alkanes) is 2. The number of hydrogen-bond acceptors (Lipinski definition) is 6. The lowest BCUT2D eigenvalue weighted by molar-refractivity contribution is -0.141. The number of carboxylic acids is 1. The van der Waals surface area contributed by atoms with Gasteiger partial charge in [0.05, 0.1) is 24.5 Å². The van der Waals surface area contributed by atoms with E-state index in [1.54, 1.807) is 12.1 Å². The topological polar surface area (TPSA) is 135 Å². The van der Waals surface area contributed by atoms with E-state index in [4.69, 9.17) is 5.11 Å². The molecule has 0 radical (unpaired) electrons. The van der Waals surface area contributed by atoms with Crippen molar-refractivity contribution in [1.82, 2.24) is 4.90 Å². The highest BCUT2D eigenvalue weighted by Gasteiger charge is 2.54. The molecule has 4 atom stereocenters. The van der Waals surface area contributed by atoms with Gasteiger partial charge in [0.25, 0.3) is 0 Å². The number of aliphatic hydroxyl groups is 2. The minimum absolute atomic E-state index is 0.0632. The number of amides is 2. The number of aromatic hydroxyl groups is 1. The first-order valence-electron chi connectivity index (χ1n) is 12.7. The van der Waals surface area contributed by atoms with E-state index in [9.17, 15) is 29.7 Å². The second-order valence-corrected chi connectivity index (χ2v) is 10.0. The molecule has 2 aliphatic rings. The second-order valence-electron chi connectivity index (χ2n) is 10.0. The fourth-order valence-corrected chi connectivity index (χ4v) is 5.57. The molecule has 36 heavy (non-hydrogen) atoms. The number of carbonyl (C=O) groups excluding carboxylic acids is 2. The Labute approximate surface area is 211 Å². The van der Waals surface area contributed by atoms with E-state index in [1.807, 2.05) is 32.1 Å². The zero-order chi connectivity index (χ0) is 26.4. The van der Waals surface area contributed by atoms with E-state index in [0.717, 1.165) is 16.7 Å². The predicted molar refractivity (Wildman–Crippen MR) is 135 cm³/mol. The normalized spacial score (nSPS) is 23.3. The number of aliphatic hydroxyl groups excluding tert-OH is 2. The van der Waals surface area contributed by atoms with Crippen LogP contribution in [0.15, 0.2) is 41.0 Å². The van der Waals surface area contributed by atoms with Crippen LogP contribution in [0.3, 0.4) is 0 Å². The molecule has 196 valence electrons. The van der Waals surface area contributed by atoms with Gasteiger partial charge < -0.3 is 20.4 Å². The average Bonchev–Trinajstić information content (AvgIpc) is 3.07. The number of rotatable bonds is 12. The Kier molecular flexibility index (Phi) is 9.45. The molecule has 1 aromatic carbocycles. The van der Waals surface area contributed by atoms with Gasteiger partial charge in [-0.15, -0.1) is 0 Å². The van der Waals surface area contributed by atoms with Crippen LogP contribution in [0.1, 0.15) is 64.4 Å². The molecule has 1 fully saturated rings. The Morgan fingerprint density at radius 2 is 1.81 bits per heavy atom. The first kappa shape index (κ1) is 27.6. The number of carboxylic acid groups (broad SMARTS) is 1. The van der Waals surface area contributed by atoms with Gasteiger partial charge in [0.1, 0.15) is 5.75 Å². The molecule has 4 N–H and O–H groups in total. The number of phenolic OH excluding ortho intramolecular Hbond substituents is 1. The van der Waals surface area contributed by atoms with Crippen molar-refractivity contribution in [2.75, 3.05) is 13.2 Å². The molecule has 8 heteroatoms. The van der Waals surface area contributed by atoms with Crippen molar-refractivity contribution in [2.45, 2.75) is 64.9 Å².